The molecule has 82 valence electrons. The van der Waals surface area contributed by atoms with E-state index in [-0.39, 0.29) is 11.3 Å². The topological polar surface area (TPSA) is 29.1 Å². The molecule has 2 nitrogen and oxygen atoms in total. The van der Waals surface area contributed by atoms with Crippen molar-refractivity contribution in [2.24, 2.45) is 0 Å². The minimum atomic E-state index is -0.314. The average Bonchev–Trinajstić information content (AvgIpc) is 2.53. The minimum absolute atomic E-state index is 0.162. The predicted octanol–water partition coefficient (Wildman–Crippen LogP) is 3.01. The van der Waals surface area contributed by atoms with Crippen LogP contribution in [0.2, 0.25) is 0 Å². The van der Waals surface area contributed by atoms with Crippen LogP contribution < -0.4 is 5.32 Å². The summed E-state index contributed by atoms with van der Waals surface area (Å²) in [6.07, 6.45) is 3.91. The second-order valence-corrected chi connectivity index (χ2v) is 4.86. The van der Waals surface area contributed by atoms with E-state index in [0.717, 1.165) is 31.4 Å². The molecule has 0 aromatic heterocycles. The average molecular weight is 213 g/mol. The number of fused-ring (bicyclic) bond motifs is 2. The lowest BCUT2D eigenvalue weighted by Crippen LogP contribution is -2.36. The molecule has 1 aromatic carbocycles. The minimum Gasteiger partial charge on any atom is -0.325 e. The van der Waals surface area contributed by atoms with Crippen LogP contribution in [0, 0.1) is 0 Å². The van der Waals surface area contributed by atoms with Crippen molar-refractivity contribution in [2.75, 3.05) is 5.32 Å². The number of benzene rings is 1. The molecule has 3 rings (SSSR count). The van der Waals surface area contributed by atoms with E-state index >= 15 is 0 Å². The smallest absolute Gasteiger partial charge is 0.235 e. The van der Waals surface area contributed by atoms with E-state index in [1.54, 1.807) is 0 Å². The molecule has 0 saturated heterocycles. The van der Waals surface area contributed by atoms with Crippen LogP contribution in [0.1, 0.15) is 31.2 Å². The van der Waals surface area contributed by atoms with E-state index in [1.165, 1.54) is 11.1 Å². The number of carbonyl (C=O) groups excluding carboxylic acids is 1. The molecule has 2 heteroatoms. The van der Waals surface area contributed by atoms with E-state index in [4.69, 9.17) is 0 Å². The van der Waals surface area contributed by atoms with Gasteiger partial charge < -0.3 is 5.32 Å². The summed E-state index contributed by atoms with van der Waals surface area (Å²) in [6, 6.07) is 8.04. The fraction of sp³-hybridized carbons (Fsp3) is 0.357. The molecule has 1 aliphatic heterocycles. The van der Waals surface area contributed by atoms with Gasteiger partial charge in [-0.1, -0.05) is 30.4 Å². The summed E-state index contributed by atoms with van der Waals surface area (Å²) in [5, 5.41) is 3.00. The van der Waals surface area contributed by atoms with Gasteiger partial charge in [0.05, 0.1) is 5.41 Å². The highest BCUT2D eigenvalue weighted by Gasteiger charge is 2.47. The molecular weight excluding hydrogens is 198 g/mol. The molecule has 1 aromatic rings. The first-order valence-corrected chi connectivity index (χ1v) is 5.80. The molecule has 1 heterocycles. The van der Waals surface area contributed by atoms with Crippen LogP contribution in [0.4, 0.5) is 5.69 Å². The van der Waals surface area contributed by atoms with Gasteiger partial charge in [-0.05, 0) is 37.3 Å². The number of carbonyl (C=O) groups is 1. The molecule has 1 aliphatic carbocycles. The largest absolute Gasteiger partial charge is 0.325 e. The van der Waals surface area contributed by atoms with E-state index in [1.807, 2.05) is 18.2 Å². The molecule has 1 fully saturated rings. The van der Waals surface area contributed by atoms with E-state index < -0.39 is 0 Å². The van der Waals surface area contributed by atoms with Gasteiger partial charge in [-0.2, -0.15) is 0 Å². The van der Waals surface area contributed by atoms with Crippen molar-refractivity contribution in [2.45, 2.75) is 31.1 Å². The molecule has 1 saturated carbocycles. The summed E-state index contributed by atoms with van der Waals surface area (Å²) in [7, 11) is 0. The number of hydrogen-bond donors (Lipinski definition) is 1. The highest BCUT2D eigenvalue weighted by molar-refractivity contribution is 6.06. The maximum atomic E-state index is 12.2. The van der Waals surface area contributed by atoms with Gasteiger partial charge in [0, 0.05) is 5.69 Å². The van der Waals surface area contributed by atoms with Crippen molar-refractivity contribution in [3.05, 3.63) is 42.0 Å². The van der Waals surface area contributed by atoms with Crippen LogP contribution in [0.15, 0.2) is 36.4 Å². The van der Waals surface area contributed by atoms with Gasteiger partial charge in [-0.25, -0.2) is 0 Å². The molecule has 16 heavy (non-hydrogen) atoms. The Balaban J connectivity index is 2.13. The first-order chi connectivity index (χ1) is 7.72. The lowest BCUT2D eigenvalue weighted by Gasteiger charge is -2.32. The normalized spacial score (nSPS) is 28.0. The molecule has 1 N–H and O–H groups in total. The number of nitrogens with one attached hydrogen (secondary N) is 1. The summed E-state index contributed by atoms with van der Waals surface area (Å²) in [5.41, 5.74) is 3.05. The lowest BCUT2D eigenvalue weighted by atomic mass is 9.69. The quantitative estimate of drug-likeness (QED) is 0.659. The summed E-state index contributed by atoms with van der Waals surface area (Å²) in [5.74, 6) is 0.162. The fourth-order valence-electron chi connectivity index (χ4n) is 3.04. The van der Waals surface area contributed by atoms with Crippen LogP contribution >= 0.6 is 0 Å². The number of amides is 1. The van der Waals surface area contributed by atoms with Crippen molar-refractivity contribution < 1.29 is 4.79 Å². The van der Waals surface area contributed by atoms with Crippen molar-refractivity contribution >= 4 is 11.6 Å². The molecule has 0 radical (unpaired) electrons. The zero-order valence-electron chi connectivity index (χ0n) is 9.25. The van der Waals surface area contributed by atoms with Crippen LogP contribution in [0.25, 0.3) is 0 Å². The maximum absolute atomic E-state index is 12.2. The Morgan fingerprint density at radius 1 is 1.31 bits per heavy atom. The summed E-state index contributed by atoms with van der Waals surface area (Å²) in [4.78, 5) is 12.2. The van der Waals surface area contributed by atoms with Gasteiger partial charge in [0.2, 0.25) is 5.91 Å². The zero-order valence-corrected chi connectivity index (χ0v) is 9.25. The third kappa shape index (κ3) is 1.16. The summed E-state index contributed by atoms with van der Waals surface area (Å²) in [6.45, 7) is 4.06. The van der Waals surface area contributed by atoms with Gasteiger partial charge in [0.25, 0.3) is 0 Å². The van der Waals surface area contributed by atoms with Crippen LogP contribution in [-0.2, 0) is 10.2 Å². The molecule has 1 spiro atoms. The number of allylic oxidation sites excluding steroid dienone is 1. The third-order valence-electron chi connectivity index (χ3n) is 3.81. The van der Waals surface area contributed by atoms with Crippen LogP contribution in [-0.4, -0.2) is 5.91 Å². The predicted molar refractivity (Wildman–Crippen MR) is 64.4 cm³/mol. The monoisotopic (exact) mass is 213 g/mol. The first kappa shape index (κ1) is 9.64. The zero-order chi connectivity index (χ0) is 11.2. The number of hydrogen-bond acceptors (Lipinski definition) is 1. The number of para-hydroxylation sites is 1. The van der Waals surface area contributed by atoms with Gasteiger partial charge in [0.1, 0.15) is 0 Å². The summed E-state index contributed by atoms with van der Waals surface area (Å²) >= 11 is 0. The molecule has 0 bridgehead atoms. The van der Waals surface area contributed by atoms with Gasteiger partial charge in [-0.15, -0.1) is 0 Å². The Labute approximate surface area is 95.4 Å². The Morgan fingerprint density at radius 2 is 2.12 bits per heavy atom. The Kier molecular flexibility index (Phi) is 1.93. The molecular formula is C14H15NO. The Morgan fingerprint density at radius 3 is 2.94 bits per heavy atom. The highest BCUT2D eigenvalue weighted by Crippen LogP contribution is 2.48. The highest BCUT2D eigenvalue weighted by atomic mass is 16.2. The summed E-state index contributed by atoms with van der Waals surface area (Å²) < 4.78 is 0. The molecule has 2 aliphatic rings. The second-order valence-electron chi connectivity index (χ2n) is 4.86. The van der Waals surface area contributed by atoms with E-state index in [2.05, 4.69) is 18.0 Å². The van der Waals surface area contributed by atoms with Crippen molar-refractivity contribution in [3.63, 3.8) is 0 Å². The maximum Gasteiger partial charge on any atom is 0.235 e. The number of anilines is 1. The standard InChI is InChI=1S/C14H15NO/c1-10-5-4-8-14(9-10)11-6-2-3-7-12(11)15-13(14)16/h2-3,6-7H,1,4-5,8-9H2,(H,15,16)/t14-/m0/s1. The van der Waals surface area contributed by atoms with Crippen molar-refractivity contribution in [3.8, 4) is 0 Å². The van der Waals surface area contributed by atoms with Crippen LogP contribution in [0.3, 0.4) is 0 Å². The van der Waals surface area contributed by atoms with Crippen molar-refractivity contribution in [1.29, 1.82) is 0 Å². The van der Waals surface area contributed by atoms with Crippen molar-refractivity contribution in [1.82, 2.24) is 0 Å². The number of rotatable bonds is 0. The van der Waals surface area contributed by atoms with E-state index in [0.29, 0.717) is 0 Å². The third-order valence-corrected chi connectivity index (χ3v) is 3.81. The molecule has 1 amide bonds. The lowest BCUT2D eigenvalue weighted by molar-refractivity contribution is -0.121. The SMILES string of the molecule is C=C1CCC[C@@]2(C1)C(=O)Nc1ccccc12. The van der Waals surface area contributed by atoms with Crippen LogP contribution in [0.5, 0.6) is 0 Å². The fourth-order valence-corrected chi connectivity index (χ4v) is 3.04. The second kappa shape index (κ2) is 3.21. The first-order valence-electron chi connectivity index (χ1n) is 5.80. The Bertz CT molecular complexity index is 477. The molecule has 0 unspecified atom stereocenters. The van der Waals surface area contributed by atoms with E-state index in [9.17, 15) is 4.79 Å². The van der Waals surface area contributed by atoms with Gasteiger partial charge >= 0.3 is 0 Å². The van der Waals surface area contributed by atoms with Gasteiger partial charge in [-0.3, -0.25) is 4.79 Å². The Hall–Kier alpha value is -1.57. The van der Waals surface area contributed by atoms with Gasteiger partial charge in [0.15, 0.2) is 0 Å². The molecule has 1 atom stereocenters.